The first-order valence-corrected chi connectivity index (χ1v) is 9.80. The summed E-state index contributed by atoms with van der Waals surface area (Å²) in [4.78, 5) is 37.2. The van der Waals surface area contributed by atoms with Crippen LogP contribution in [0.5, 0.6) is 0 Å². The summed E-state index contributed by atoms with van der Waals surface area (Å²) in [7, 11) is 0. The van der Waals surface area contributed by atoms with Crippen molar-refractivity contribution in [2.45, 2.75) is 37.6 Å². The Morgan fingerprint density at radius 2 is 1.61 bits per heavy atom. The summed E-state index contributed by atoms with van der Waals surface area (Å²) in [6.45, 7) is 1.08. The third-order valence-corrected chi connectivity index (χ3v) is 5.25. The lowest BCUT2D eigenvalue weighted by Crippen LogP contribution is -2.37. The molecule has 5 nitrogen and oxygen atoms in total. The SMILES string of the molecule is O=C[C@@H]1CCCN1C(=O)CCC(=O)NCC(c1ccccc1)c1ccccc1. The zero-order valence-corrected chi connectivity index (χ0v) is 15.9. The van der Waals surface area contributed by atoms with E-state index < -0.39 is 0 Å². The van der Waals surface area contributed by atoms with Crippen molar-refractivity contribution in [3.05, 3.63) is 71.8 Å². The number of carbonyl (C=O) groups is 3. The van der Waals surface area contributed by atoms with E-state index >= 15 is 0 Å². The van der Waals surface area contributed by atoms with Gasteiger partial charge in [0.1, 0.15) is 6.29 Å². The number of aldehydes is 1. The number of rotatable bonds is 8. The molecule has 2 aromatic rings. The maximum atomic E-state index is 12.3. The van der Waals surface area contributed by atoms with E-state index in [0.29, 0.717) is 13.1 Å². The van der Waals surface area contributed by atoms with Crippen molar-refractivity contribution < 1.29 is 14.4 Å². The zero-order chi connectivity index (χ0) is 19.8. The monoisotopic (exact) mass is 378 g/mol. The van der Waals surface area contributed by atoms with Crippen molar-refractivity contribution in [1.82, 2.24) is 10.2 Å². The molecule has 0 aromatic heterocycles. The number of carbonyl (C=O) groups excluding carboxylic acids is 3. The summed E-state index contributed by atoms with van der Waals surface area (Å²) in [6.07, 6.45) is 2.67. The van der Waals surface area contributed by atoms with Crippen molar-refractivity contribution in [2.75, 3.05) is 13.1 Å². The molecule has 1 N–H and O–H groups in total. The highest BCUT2D eigenvalue weighted by Crippen LogP contribution is 2.23. The number of nitrogens with one attached hydrogen (secondary N) is 1. The second-order valence-corrected chi connectivity index (χ2v) is 7.11. The van der Waals surface area contributed by atoms with E-state index in [1.165, 1.54) is 0 Å². The van der Waals surface area contributed by atoms with E-state index in [0.717, 1.165) is 30.3 Å². The lowest BCUT2D eigenvalue weighted by Gasteiger charge is -2.21. The minimum absolute atomic E-state index is 0.0556. The summed E-state index contributed by atoms with van der Waals surface area (Å²) in [6, 6.07) is 19.8. The van der Waals surface area contributed by atoms with E-state index in [2.05, 4.69) is 29.6 Å². The molecule has 28 heavy (non-hydrogen) atoms. The van der Waals surface area contributed by atoms with Crippen LogP contribution in [0.2, 0.25) is 0 Å². The average Bonchev–Trinajstić information content (AvgIpc) is 3.23. The highest BCUT2D eigenvalue weighted by molar-refractivity contribution is 5.85. The van der Waals surface area contributed by atoms with Crippen LogP contribution in [-0.4, -0.2) is 42.1 Å². The largest absolute Gasteiger partial charge is 0.355 e. The van der Waals surface area contributed by atoms with Crippen LogP contribution in [0.4, 0.5) is 0 Å². The number of nitrogens with zero attached hydrogens (tertiary/aromatic N) is 1. The van der Waals surface area contributed by atoms with E-state index in [9.17, 15) is 14.4 Å². The molecule has 0 bridgehead atoms. The molecule has 1 heterocycles. The van der Waals surface area contributed by atoms with Gasteiger partial charge >= 0.3 is 0 Å². The van der Waals surface area contributed by atoms with Gasteiger partial charge in [-0.05, 0) is 24.0 Å². The Kier molecular flexibility index (Phi) is 6.95. The van der Waals surface area contributed by atoms with Crippen LogP contribution in [0.3, 0.4) is 0 Å². The molecule has 1 fully saturated rings. The van der Waals surface area contributed by atoms with Gasteiger partial charge in [0.2, 0.25) is 11.8 Å². The number of likely N-dealkylation sites (tertiary alicyclic amines) is 1. The Morgan fingerprint density at radius 1 is 1.00 bits per heavy atom. The molecule has 1 aliphatic rings. The Labute approximate surface area is 165 Å². The van der Waals surface area contributed by atoms with Crippen molar-refractivity contribution >= 4 is 18.1 Å². The van der Waals surface area contributed by atoms with Gasteiger partial charge < -0.3 is 15.0 Å². The van der Waals surface area contributed by atoms with E-state index in [4.69, 9.17) is 0 Å². The van der Waals surface area contributed by atoms with Crippen molar-refractivity contribution in [3.63, 3.8) is 0 Å². The number of benzene rings is 2. The molecular weight excluding hydrogens is 352 g/mol. The van der Waals surface area contributed by atoms with Gasteiger partial charge in [-0.15, -0.1) is 0 Å². The maximum Gasteiger partial charge on any atom is 0.223 e. The highest BCUT2D eigenvalue weighted by Gasteiger charge is 2.28. The Balaban J connectivity index is 1.55. The predicted molar refractivity (Wildman–Crippen MR) is 108 cm³/mol. The Bertz CT molecular complexity index is 753. The lowest BCUT2D eigenvalue weighted by atomic mass is 9.91. The van der Waals surface area contributed by atoms with Crippen molar-refractivity contribution in [2.24, 2.45) is 0 Å². The highest BCUT2D eigenvalue weighted by atomic mass is 16.2. The molecule has 1 saturated heterocycles. The first-order chi connectivity index (χ1) is 13.7. The van der Waals surface area contributed by atoms with E-state index in [-0.39, 0.29) is 36.6 Å². The molecule has 0 aliphatic carbocycles. The van der Waals surface area contributed by atoms with Gasteiger partial charge in [0.05, 0.1) is 6.04 Å². The average molecular weight is 378 g/mol. The van der Waals surface area contributed by atoms with Crippen molar-refractivity contribution in [1.29, 1.82) is 0 Å². The molecule has 0 saturated carbocycles. The molecule has 0 spiro atoms. The van der Waals surface area contributed by atoms with Gasteiger partial charge in [0.25, 0.3) is 0 Å². The molecular formula is C23H26N2O3. The fraction of sp³-hybridized carbons (Fsp3) is 0.348. The van der Waals surface area contributed by atoms with Gasteiger partial charge in [-0.2, -0.15) is 0 Å². The summed E-state index contributed by atoms with van der Waals surface area (Å²) >= 11 is 0. The summed E-state index contributed by atoms with van der Waals surface area (Å²) in [5.41, 5.74) is 2.27. The van der Waals surface area contributed by atoms with Crippen LogP contribution in [0.15, 0.2) is 60.7 Å². The number of hydrogen-bond donors (Lipinski definition) is 1. The third kappa shape index (κ3) is 5.06. The van der Waals surface area contributed by atoms with E-state index in [1.54, 1.807) is 4.90 Å². The van der Waals surface area contributed by atoms with Gasteiger partial charge in [0.15, 0.2) is 0 Å². The topological polar surface area (TPSA) is 66.5 Å². The van der Waals surface area contributed by atoms with Gasteiger partial charge in [-0.3, -0.25) is 9.59 Å². The van der Waals surface area contributed by atoms with Gasteiger partial charge in [-0.25, -0.2) is 0 Å². The molecule has 146 valence electrons. The molecule has 3 rings (SSSR count). The van der Waals surface area contributed by atoms with Gasteiger partial charge in [0, 0.05) is 31.8 Å². The quantitative estimate of drug-likeness (QED) is 0.718. The normalized spacial score (nSPS) is 16.2. The molecule has 1 aliphatic heterocycles. The first-order valence-electron chi connectivity index (χ1n) is 9.80. The summed E-state index contributed by atoms with van der Waals surface area (Å²) in [5, 5.41) is 2.97. The van der Waals surface area contributed by atoms with Crippen LogP contribution in [-0.2, 0) is 14.4 Å². The minimum atomic E-state index is -0.323. The fourth-order valence-electron chi connectivity index (χ4n) is 3.71. The predicted octanol–water partition coefficient (Wildman–Crippen LogP) is 2.90. The Morgan fingerprint density at radius 3 is 2.18 bits per heavy atom. The number of hydrogen-bond acceptors (Lipinski definition) is 3. The second kappa shape index (κ2) is 9.83. The van der Waals surface area contributed by atoms with Crippen LogP contribution >= 0.6 is 0 Å². The molecule has 0 radical (unpaired) electrons. The number of amides is 2. The second-order valence-electron chi connectivity index (χ2n) is 7.11. The van der Waals surface area contributed by atoms with Crippen LogP contribution in [0.1, 0.15) is 42.7 Å². The molecule has 0 unspecified atom stereocenters. The van der Waals surface area contributed by atoms with Crippen LogP contribution in [0.25, 0.3) is 0 Å². The van der Waals surface area contributed by atoms with Gasteiger partial charge in [-0.1, -0.05) is 60.7 Å². The van der Waals surface area contributed by atoms with Crippen LogP contribution < -0.4 is 5.32 Å². The summed E-state index contributed by atoms with van der Waals surface area (Å²) < 4.78 is 0. The molecule has 1 atom stereocenters. The lowest BCUT2D eigenvalue weighted by molar-refractivity contribution is -0.136. The smallest absolute Gasteiger partial charge is 0.223 e. The minimum Gasteiger partial charge on any atom is -0.355 e. The summed E-state index contributed by atoms with van der Waals surface area (Å²) in [5.74, 6) is -0.209. The first kappa shape index (κ1) is 19.8. The third-order valence-electron chi connectivity index (χ3n) is 5.25. The molecule has 5 heteroatoms. The zero-order valence-electron chi connectivity index (χ0n) is 15.9. The maximum absolute atomic E-state index is 12.3. The fourth-order valence-corrected chi connectivity index (χ4v) is 3.71. The molecule has 2 amide bonds. The Hall–Kier alpha value is -2.95. The van der Waals surface area contributed by atoms with Crippen molar-refractivity contribution in [3.8, 4) is 0 Å². The molecule has 2 aromatic carbocycles. The van der Waals surface area contributed by atoms with E-state index in [1.807, 2.05) is 36.4 Å². The van der Waals surface area contributed by atoms with Crippen LogP contribution in [0, 0.1) is 0 Å². The standard InChI is InChI=1S/C23H26N2O3/c26-17-20-12-7-15-25(20)23(28)14-13-22(27)24-16-21(18-8-3-1-4-9-18)19-10-5-2-6-11-19/h1-6,8-11,17,20-21H,7,12-16H2,(H,24,27)/t20-/m0/s1.